The monoisotopic (exact) mass is 374 g/mol. The fourth-order valence-corrected chi connectivity index (χ4v) is 3.87. The summed E-state index contributed by atoms with van der Waals surface area (Å²) in [6.45, 7) is 0. The lowest BCUT2D eigenvalue weighted by Crippen LogP contribution is -2.52. The Hall–Kier alpha value is -3.21. The average molecular weight is 374 g/mol. The molecule has 0 bridgehead atoms. The lowest BCUT2D eigenvalue weighted by atomic mass is 9.87. The second kappa shape index (κ2) is 7.80. The molecule has 2 atom stereocenters. The van der Waals surface area contributed by atoms with Gasteiger partial charge >= 0.3 is 0 Å². The molecule has 4 rings (SSSR count). The first kappa shape index (κ1) is 18.2. The van der Waals surface area contributed by atoms with E-state index in [1.54, 1.807) is 48.5 Å². The normalized spacial score (nSPS) is 22.4. The van der Waals surface area contributed by atoms with Gasteiger partial charge in [0.1, 0.15) is 11.5 Å². The van der Waals surface area contributed by atoms with Gasteiger partial charge in [0.05, 0.1) is 17.7 Å². The van der Waals surface area contributed by atoms with Crippen molar-refractivity contribution in [1.82, 2.24) is 5.32 Å². The molecular formula is C23H22N2O3. The van der Waals surface area contributed by atoms with Crippen LogP contribution < -0.4 is 5.32 Å². The topological polar surface area (TPSA) is 78.8 Å². The van der Waals surface area contributed by atoms with Crippen molar-refractivity contribution in [3.8, 4) is 0 Å². The van der Waals surface area contributed by atoms with Gasteiger partial charge < -0.3 is 10.4 Å². The molecule has 1 heterocycles. The summed E-state index contributed by atoms with van der Waals surface area (Å²) in [7, 11) is 0. The number of nitrogens with one attached hydrogen (secondary N) is 1. The number of carbonyl (C=O) groups excluding carboxylic acids is 2. The molecular weight excluding hydrogens is 352 g/mol. The van der Waals surface area contributed by atoms with Gasteiger partial charge in [0.15, 0.2) is 5.78 Å². The summed E-state index contributed by atoms with van der Waals surface area (Å²) < 4.78 is 0. The van der Waals surface area contributed by atoms with Crippen molar-refractivity contribution in [2.45, 2.75) is 37.8 Å². The zero-order valence-electron chi connectivity index (χ0n) is 15.5. The maximum Gasteiger partial charge on any atom is 0.270 e. The molecule has 1 amide bonds. The molecule has 1 saturated carbocycles. The highest BCUT2D eigenvalue weighted by molar-refractivity contribution is 6.54. The molecule has 0 saturated heterocycles. The van der Waals surface area contributed by atoms with Gasteiger partial charge in [0.25, 0.3) is 5.91 Å². The van der Waals surface area contributed by atoms with Crippen molar-refractivity contribution in [3.63, 3.8) is 0 Å². The highest BCUT2D eigenvalue weighted by atomic mass is 16.3. The molecule has 5 nitrogen and oxygen atoms in total. The molecule has 2 aromatic carbocycles. The van der Waals surface area contributed by atoms with E-state index in [9.17, 15) is 14.7 Å². The van der Waals surface area contributed by atoms with Crippen molar-refractivity contribution in [3.05, 3.63) is 77.4 Å². The summed E-state index contributed by atoms with van der Waals surface area (Å²) in [6.07, 6.45) is 3.87. The summed E-state index contributed by atoms with van der Waals surface area (Å²) >= 11 is 0. The minimum atomic E-state index is -0.412. The maximum absolute atomic E-state index is 13.3. The van der Waals surface area contributed by atoms with Crippen molar-refractivity contribution in [1.29, 1.82) is 0 Å². The minimum absolute atomic E-state index is 0.0111. The second-order valence-electron chi connectivity index (χ2n) is 7.19. The predicted octanol–water partition coefficient (Wildman–Crippen LogP) is 3.72. The Morgan fingerprint density at radius 3 is 2.21 bits per heavy atom. The van der Waals surface area contributed by atoms with Crippen LogP contribution in [-0.4, -0.2) is 34.6 Å². The third kappa shape index (κ3) is 3.48. The van der Waals surface area contributed by atoms with Gasteiger partial charge in [-0.05, 0) is 12.8 Å². The first-order chi connectivity index (χ1) is 13.6. The van der Waals surface area contributed by atoms with Crippen LogP contribution in [0.4, 0.5) is 0 Å². The number of benzene rings is 2. The van der Waals surface area contributed by atoms with Gasteiger partial charge in [0, 0.05) is 11.1 Å². The van der Waals surface area contributed by atoms with Crippen LogP contribution in [0.1, 0.15) is 41.6 Å². The fraction of sp³-hybridized carbons (Fsp3) is 0.261. The highest BCUT2D eigenvalue weighted by Gasteiger charge is 2.37. The summed E-state index contributed by atoms with van der Waals surface area (Å²) in [4.78, 5) is 30.8. The Bertz CT molecular complexity index is 948. The van der Waals surface area contributed by atoms with E-state index in [4.69, 9.17) is 0 Å². The van der Waals surface area contributed by atoms with Gasteiger partial charge in [0.2, 0.25) is 0 Å². The Morgan fingerprint density at radius 1 is 0.929 bits per heavy atom. The molecule has 0 spiro atoms. The SMILES string of the molecule is O=C1NC2CCCCC2N=C1/C(C(=O)c1ccccc1)=C(\O)c1ccccc1. The van der Waals surface area contributed by atoms with Gasteiger partial charge in [-0.3, -0.25) is 14.6 Å². The van der Waals surface area contributed by atoms with Crippen LogP contribution in [0, 0.1) is 0 Å². The van der Waals surface area contributed by atoms with Gasteiger partial charge in [-0.1, -0.05) is 73.5 Å². The van der Waals surface area contributed by atoms with Crippen molar-refractivity contribution >= 4 is 23.2 Å². The fourth-order valence-electron chi connectivity index (χ4n) is 3.87. The molecule has 2 N–H and O–H groups in total. The molecule has 2 unspecified atom stereocenters. The third-order valence-electron chi connectivity index (χ3n) is 5.34. The van der Waals surface area contributed by atoms with Gasteiger partial charge in [-0.2, -0.15) is 0 Å². The van der Waals surface area contributed by atoms with E-state index in [1.165, 1.54) is 0 Å². The molecule has 28 heavy (non-hydrogen) atoms. The Kier molecular flexibility index (Phi) is 5.06. The van der Waals surface area contributed by atoms with E-state index in [1.807, 2.05) is 12.1 Å². The third-order valence-corrected chi connectivity index (χ3v) is 5.34. The van der Waals surface area contributed by atoms with Crippen LogP contribution in [0.2, 0.25) is 0 Å². The number of aliphatic imine (C=N–C) groups is 1. The molecule has 1 aliphatic heterocycles. The zero-order chi connectivity index (χ0) is 19.5. The van der Waals surface area contributed by atoms with Crippen LogP contribution in [0.25, 0.3) is 5.76 Å². The zero-order valence-corrected chi connectivity index (χ0v) is 15.5. The average Bonchev–Trinajstić information content (AvgIpc) is 2.75. The van der Waals surface area contributed by atoms with E-state index in [0.29, 0.717) is 11.1 Å². The Labute approximate surface area is 163 Å². The predicted molar refractivity (Wildman–Crippen MR) is 108 cm³/mol. The summed E-state index contributed by atoms with van der Waals surface area (Å²) in [5.41, 5.74) is 0.863. The molecule has 142 valence electrons. The van der Waals surface area contributed by atoms with Crippen molar-refractivity contribution < 1.29 is 14.7 Å². The Balaban J connectivity index is 1.85. The van der Waals surface area contributed by atoms with Crippen molar-refractivity contribution in [2.24, 2.45) is 4.99 Å². The van der Waals surface area contributed by atoms with Crippen LogP contribution >= 0.6 is 0 Å². The lowest BCUT2D eigenvalue weighted by Gasteiger charge is -2.34. The number of fused-ring (bicyclic) bond motifs is 1. The second-order valence-corrected chi connectivity index (χ2v) is 7.19. The lowest BCUT2D eigenvalue weighted by molar-refractivity contribution is -0.116. The summed E-state index contributed by atoms with van der Waals surface area (Å²) in [5.74, 6) is -1.03. The smallest absolute Gasteiger partial charge is 0.270 e. The van der Waals surface area contributed by atoms with Gasteiger partial charge in [-0.15, -0.1) is 0 Å². The quantitative estimate of drug-likeness (QED) is 0.486. The van der Waals surface area contributed by atoms with Crippen LogP contribution in [-0.2, 0) is 4.79 Å². The number of ketones is 1. The van der Waals surface area contributed by atoms with E-state index in [0.717, 1.165) is 25.7 Å². The number of Topliss-reactive ketones (excluding diaryl/α,β-unsaturated/α-hetero) is 1. The molecule has 1 fully saturated rings. The van der Waals surface area contributed by atoms with E-state index < -0.39 is 11.7 Å². The summed E-state index contributed by atoms with van der Waals surface area (Å²) in [6, 6.07) is 17.4. The first-order valence-corrected chi connectivity index (χ1v) is 9.62. The van der Waals surface area contributed by atoms with Crippen LogP contribution in [0.3, 0.4) is 0 Å². The van der Waals surface area contributed by atoms with E-state index >= 15 is 0 Å². The Morgan fingerprint density at radius 2 is 1.54 bits per heavy atom. The molecule has 0 radical (unpaired) electrons. The minimum Gasteiger partial charge on any atom is -0.506 e. The number of hydrogen-bond donors (Lipinski definition) is 2. The molecule has 5 heteroatoms. The number of nitrogens with zero attached hydrogens (tertiary/aromatic N) is 1. The first-order valence-electron chi connectivity index (χ1n) is 9.62. The van der Waals surface area contributed by atoms with Crippen LogP contribution in [0.15, 0.2) is 71.2 Å². The van der Waals surface area contributed by atoms with E-state index in [-0.39, 0.29) is 29.1 Å². The van der Waals surface area contributed by atoms with E-state index in [2.05, 4.69) is 10.3 Å². The molecule has 2 aliphatic rings. The number of hydrogen-bond acceptors (Lipinski definition) is 4. The number of aliphatic hydroxyl groups excluding tert-OH is 1. The highest BCUT2D eigenvalue weighted by Crippen LogP contribution is 2.28. The molecule has 2 aromatic rings. The number of carbonyl (C=O) groups is 2. The number of amides is 1. The number of rotatable bonds is 4. The number of aliphatic hydroxyl groups is 1. The standard InChI is InChI=1S/C23H22N2O3/c26-21(15-9-3-1-4-10-15)19(22(27)16-11-5-2-6-12-16)20-23(28)25-18-14-8-7-13-17(18)24-20/h1-6,9-12,17-18,26H,7-8,13-14H2,(H,25,28)/b21-19+. The molecule has 1 aliphatic carbocycles. The summed E-state index contributed by atoms with van der Waals surface area (Å²) in [5, 5.41) is 14.0. The maximum atomic E-state index is 13.3. The molecule has 0 aromatic heterocycles. The van der Waals surface area contributed by atoms with Crippen LogP contribution in [0.5, 0.6) is 0 Å². The largest absolute Gasteiger partial charge is 0.506 e. The van der Waals surface area contributed by atoms with Gasteiger partial charge in [-0.25, -0.2) is 0 Å². The van der Waals surface area contributed by atoms with Crippen molar-refractivity contribution in [2.75, 3.05) is 0 Å².